The Balaban J connectivity index is 1.91. The van der Waals surface area contributed by atoms with Gasteiger partial charge in [0.05, 0.1) is 18.2 Å². The lowest BCUT2D eigenvalue weighted by atomic mass is 10.2. The number of benzene rings is 1. The van der Waals surface area contributed by atoms with Gasteiger partial charge >= 0.3 is 0 Å². The monoisotopic (exact) mass is 321 g/mol. The fourth-order valence-electron chi connectivity index (χ4n) is 2.76. The smallest absolute Gasteiger partial charge is 0.281 e. The molecule has 7 heteroatoms. The maximum atomic E-state index is 12.4. The minimum absolute atomic E-state index is 0.356. The van der Waals surface area contributed by atoms with Crippen LogP contribution in [0.15, 0.2) is 47.7 Å². The van der Waals surface area contributed by atoms with E-state index in [-0.39, 0.29) is 5.91 Å². The van der Waals surface area contributed by atoms with Crippen molar-refractivity contribution in [3.63, 3.8) is 0 Å². The van der Waals surface area contributed by atoms with Gasteiger partial charge in [-0.05, 0) is 30.3 Å². The van der Waals surface area contributed by atoms with Crippen LogP contribution in [0.2, 0.25) is 0 Å². The lowest BCUT2D eigenvalue weighted by molar-refractivity contribution is 0.0996. The van der Waals surface area contributed by atoms with Crippen LogP contribution in [0, 0.1) is 0 Å². The quantitative estimate of drug-likeness (QED) is 0.775. The van der Waals surface area contributed by atoms with Crippen LogP contribution < -0.4 is 15.7 Å². The van der Waals surface area contributed by atoms with Gasteiger partial charge in [-0.3, -0.25) is 14.3 Å². The van der Waals surface area contributed by atoms with E-state index in [4.69, 9.17) is 4.74 Å². The van der Waals surface area contributed by atoms with E-state index in [1.165, 1.54) is 6.20 Å². The van der Waals surface area contributed by atoms with Gasteiger partial charge in [0.15, 0.2) is 0 Å². The van der Waals surface area contributed by atoms with Crippen molar-refractivity contribution in [1.82, 2.24) is 14.5 Å². The molecule has 7 nitrogen and oxygen atoms in total. The molecule has 0 saturated heterocycles. The third kappa shape index (κ3) is 2.40. The molecular weight excluding hydrogens is 306 g/mol. The van der Waals surface area contributed by atoms with Crippen molar-refractivity contribution < 1.29 is 9.53 Å². The van der Waals surface area contributed by atoms with Crippen molar-refractivity contribution in [3.05, 3.63) is 53.9 Å². The topological polar surface area (TPSA) is 81.4 Å². The molecule has 24 heavy (non-hydrogen) atoms. The first-order valence-electron chi connectivity index (χ1n) is 7.58. The van der Waals surface area contributed by atoms with E-state index in [1.807, 2.05) is 22.8 Å². The summed E-state index contributed by atoms with van der Waals surface area (Å²) in [6.45, 7) is 1.47. The number of rotatable bonds is 2. The standard InChI is InChI=1S/C17H15N5O2/c1-24-12-4-5-14-13(9-12)15-19-7-8-22(15)17(20-14)21-16(23)11-3-2-6-18-10-11/h2-6,9-10,19H,7-8H2,1H3. The number of carbonyl (C=O) groups is 1. The molecule has 3 heterocycles. The summed E-state index contributed by atoms with van der Waals surface area (Å²) in [7, 11) is 1.63. The van der Waals surface area contributed by atoms with Crippen LogP contribution in [0.5, 0.6) is 5.75 Å². The molecule has 120 valence electrons. The van der Waals surface area contributed by atoms with E-state index in [0.29, 0.717) is 17.7 Å². The van der Waals surface area contributed by atoms with E-state index in [0.717, 1.165) is 29.0 Å². The first-order chi connectivity index (χ1) is 11.8. The van der Waals surface area contributed by atoms with Crippen molar-refractivity contribution >= 4 is 22.6 Å². The third-order valence-corrected chi connectivity index (χ3v) is 3.93. The Kier molecular flexibility index (Phi) is 3.45. The molecule has 0 saturated carbocycles. The molecular formula is C17H15N5O2. The number of nitrogens with one attached hydrogen (secondary N) is 1. The van der Waals surface area contributed by atoms with E-state index < -0.39 is 0 Å². The summed E-state index contributed by atoms with van der Waals surface area (Å²) in [6.07, 6.45) is 3.12. The Labute approximate surface area is 137 Å². The lowest BCUT2D eigenvalue weighted by Crippen LogP contribution is -2.24. The second-order valence-corrected chi connectivity index (χ2v) is 5.38. The number of carbonyl (C=O) groups excluding carboxylic acids is 1. The molecule has 0 atom stereocenters. The Morgan fingerprint density at radius 1 is 1.38 bits per heavy atom. The highest BCUT2D eigenvalue weighted by molar-refractivity contribution is 5.95. The third-order valence-electron chi connectivity index (χ3n) is 3.93. The Morgan fingerprint density at radius 3 is 3.08 bits per heavy atom. The summed E-state index contributed by atoms with van der Waals surface area (Å²) in [5.41, 5.74) is 1.59. The number of hydrogen-bond acceptors (Lipinski definition) is 5. The Morgan fingerprint density at radius 2 is 2.29 bits per heavy atom. The lowest BCUT2D eigenvalue weighted by Gasteiger charge is -2.09. The van der Waals surface area contributed by atoms with Gasteiger partial charge in [-0.2, -0.15) is 4.99 Å². The predicted molar refractivity (Wildman–Crippen MR) is 88.9 cm³/mol. The number of anilines is 1. The van der Waals surface area contributed by atoms with E-state index in [9.17, 15) is 4.79 Å². The number of hydrogen-bond donors (Lipinski definition) is 1. The average molecular weight is 321 g/mol. The number of amides is 1. The Hall–Kier alpha value is -3.22. The van der Waals surface area contributed by atoms with E-state index in [1.54, 1.807) is 25.4 Å². The molecule has 1 N–H and O–H groups in total. The molecule has 0 aliphatic carbocycles. The summed E-state index contributed by atoms with van der Waals surface area (Å²) < 4.78 is 7.20. The van der Waals surface area contributed by atoms with Crippen LogP contribution in [-0.4, -0.2) is 34.1 Å². The van der Waals surface area contributed by atoms with Crippen LogP contribution in [0.3, 0.4) is 0 Å². The van der Waals surface area contributed by atoms with Gasteiger partial charge in [0, 0.05) is 30.9 Å². The van der Waals surface area contributed by atoms with Gasteiger partial charge in [0.25, 0.3) is 5.91 Å². The summed E-state index contributed by atoms with van der Waals surface area (Å²) in [5.74, 6) is 1.30. The maximum absolute atomic E-state index is 12.4. The summed E-state index contributed by atoms with van der Waals surface area (Å²) in [6, 6.07) is 9.03. The van der Waals surface area contributed by atoms with Crippen molar-refractivity contribution in [2.45, 2.75) is 6.54 Å². The first-order valence-corrected chi connectivity index (χ1v) is 7.58. The summed E-state index contributed by atoms with van der Waals surface area (Å²) in [4.78, 5) is 25.0. The minimum Gasteiger partial charge on any atom is -0.497 e. The first kappa shape index (κ1) is 14.4. The van der Waals surface area contributed by atoms with Crippen LogP contribution in [-0.2, 0) is 6.54 Å². The van der Waals surface area contributed by atoms with Gasteiger partial charge in [-0.15, -0.1) is 0 Å². The molecule has 1 aliphatic rings. The number of aromatic nitrogens is 3. The second-order valence-electron chi connectivity index (χ2n) is 5.38. The SMILES string of the molecule is COc1ccc2nc(=NC(=O)c3cccnc3)n3c(c2c1)NCC3. The van der Waals surface area contributed by atoms with Crippen LogP contribution in [0.25, 0.3) is 10.9 Å². The molecule has 1 aromatic carbocycles. The Bertz CT molecular complexity index is 995. The predicted octanol–water partition coefficient (Wildman–Crippen LogP) is 1.61. The maximum Gasteiger partial charge on any atom is 0.281 e. The molecule has 2 aromatic heterocycles. The van der Waals surface area contributed by atoms with Crippen LogP contribution in [0.4, 0.5) is 5.82 Å². The zero-order valence-corrected chi connectivity index (χ0v) is 13.1. The summed E-state index contributed by atoms with van der Waals surface area (Å²) in [5, 5.41) is 4.28. The van der Waals surface area contributed by atoms with Gasteiger partial charge in [0.1, 0.15) is 11.6 Å². The number of ether oxygens (including phenoxy) is 1. The summed E-state index contributed by atoms with van der Waals surface area (Å²) >= 11 is 0. The highest BCUT2D eigenvalue weighted by Crippen LogP contribution is 2.26. The highest BCUT2D eigenvalue weighted by atomic mass is 16.5. The molecule has 0 unspecified atom stereocenters. The zero-order chi connectivity index (χ0) is 16.5. The number of fused-ring (bicyclic) bond motifs is 3. The number of methoxy groups -OCH3 is 1. The second kappa shape index (κ2) is 5.77. The van der Waals surface area contributed by atoms with E-state index >= 15 is 0 Å². The van der Waals surface area contributed by atoms with Crippen molar-refractivity contribution in [2.75, 3.05) is 19.0 Å². The molecule has 0 spiro atoms. The number of pyridine rings is 1. The normalized spacial score (nSPS) is 13.6. The van der Waals surface area contributed by atoms with Gasteiger partial charge in [0.2, 0.25) is 5.62 Å². The van der Waals surface area contributed by atoms with E-state index in [2.05, 4.69) is 20.3 Å². The van der Waals surface area contributed by atoms with Crippen LogP contribution in [0.1, 0.15) is 10.4 Å². The van der Waals surface area contributed by atoms with Crippen LogP contribution >= 0.6 is 0 Å². The molecule has 1 aliphatic heterocycles. The molecule has 0 bridgehead atoms. The van der Waals surface area contributed by atoms with Gasteiger partial charge < -0.3 is 10.1 Å². The fourth-order valence-corrected chi connectivity index (χ4v) is 2.76. The molecule has 3 aromatic rings. The van der Waals surface area contributed by atoms with Crippen molar-refractivity contribution in [2.24, 2.45) is 4.99 Å². The largest absolute Gasteiger partial charge is 0.497 e. The van der Waals surface area contributed by atoms with Crippen molar-refractivity contribution in [3.8, 4) is 5.75 Å². The average Bonchev–Trinajstić information content (AvgIpc) is 3.12. The zero-order valence-electron chi connectivity index (χ0n) is 13.1. The van der Waals surface area contributed by atoms with Gasteiger partial charge in [-0.25, -0.2) is 4.98 Å². The molecule has 0 radical (unpaired) electrons. The number of nitrogens with zero attached hydrogens (tertiary/aromatic N) is 4. The minimum atomic E-state index is -0.356. The highest BCUT2D eigenvalue weighted by Gasteiger charge is 2.16. The van der Waals surface area contributed by atoms with Crippen molar-refractivity contribution in [1.29, 1.82) is 0 Å². The van der Waals surface area contributed by atoms with Gasteiger partial charge in [-0.1, -0.05) is 0 Å². The fraction of sp³-hybridized carbons (Fsp3) is 0.176. The molecule has 0 fully saturated rings. The molecule has 1 amide bonds. The molecule has 4 rings (SSSR count).